The van der Waals surface area contributed by atoms with Gasteiger partial charge in [0.2, 0.25) is 5.13 Å². The van der Waals surface area contributed by atoms with Gasteiger partial charge in [-0.05, 0) is 0 Å². The van der Waals surface area contributed by atoms with Gasteiger partial charge < -0.3 is 9.30 Å². The molecule has 0 aromatic carbocycles. The highest BCUT2D eigenvalue weighted by atomic mass is 32.1. The summed E-state index contributed by atoms with van der Waals surface area (Å²) in [5.74, 6) is -0.647. The van der Waals surface area contributed by atoms with Crippen molar-refractivity contribution < 1.29 is 9.53 Å². The Labute approximate surface area is 122 Å². The highest BCUT2D eigenvalue weighted by Gasteiger charge is 2.16. The lowest BCUT2D eigenvalue weighted by atomic mass is 10.3. The van der Waals surface area contributed by atoms with Crippen LogP contribution in [0.2, 0.25) is 0 Å². The second kappa shape index (κ2) is 5.97. The first kappa shape index (κ1) is 15.1. The molecule has 0 radical (unpaired) electrons. The number of amides is 1. The van der Waals surface area contributed by atoms with Crippen LogP contribution >= 0.6 is 11.3 Å². The second-order valence-corrected chi connectivity index (χ2v) is 5.25. The molecular formula is C11H13N5O4S. The van der Waals surface area contributed by atoms with Crippen molar-refractivity contribution in [2.75, 3.05) is 12.4 Å². The molecule has 0 bridgehead atoms. The molecule has 0 saturated carbocycles. The van der Waals surface area contributed by atoms with E-state index in [1.807, 2.05) is 0 Å². The van der Waals surface area contributed by atoms with E-state index in [4.69, 9.17) is 4.74 Å². The first-order valence-corrected chi connectivity index (χ1v) is 6.65. The molecular weight excluding hydrogens is 298 g/mol. The smallest absolute Gasteiger partial charge is 0.330 e. The van der Waals surface area contributed by atoms with Gasteiger partial charge in [-0.1, -0.05) is 11.3 Å². The fraction of sp³-hybridized carbons (Fsp3) is 0.364. The number of nitrogens with zero attached hydrogens (tertiary/aromatic N) is 4. The molecule has 0 unspecified atom stereocenters. The molecule has 0 spiro atoms. The molecule has 0 atom stereocenters. The summed E-state index contributed by atoms with van der Waals surface area (Å²) in [5.41, 5.74) is -1.32. The molecule has 1 N–H and O–H groups in total. The van der Waals surface area contributed by atoms with E-state index in [2.05, 4.69) is 15.5 Å². The van der Waals surface area contributed by atoms with E-state index in [-0.39, 0.29) is 17.3 Å². The van der Waals surface area contributed by atoms with Crippen molar-refractivity contribution in [2.45, 2.75) is 6.61 Å². The van der Waals surface area contributed by atoms with Crippen LogP contribution in [-0.4, -0.2) is 32.3 Å². The Morgan fingerprint density at radius 1 is 1.38 bits per heavy atom. The van der Waals surface area contributed by atoms with Crippen LogP contribution in [-0.2, 0) is 25.4 Å². The van der Waals surface area contributed by atoms with Gasteiger partial charge in [0.25, 0.3) is 11.5 Å². The number of carbonyl (C=O) groups is 1. The van der Waals surface area contributed by atoms with Crippen molar-refractivity contribution in [3.63, 3.8) is 0 Å². The maximum Gasteiger partial charge on any atom is 0.330 e. The Kier molecular flexibility index (Phi) is 4.29. The number of rotatable bonds is 4. The summed E-state index contributed by atoms with van der Waals surface area (Å²) in [6.07, 6.45) is 1.19. The fourth-order valence-electron chi connectivity index (χ4n) is 1.61. The zero-order valence-corrected chi connectivity index (χ0v) is 12.4. The van der Waals surface area contributed by atoms with E-state index in [1.54, 1.807) is 0 Å². The summed E-state index contributed by atoms with van der Waals surface area (Å²) in [5, 5.41) is 10.9. The third-order valence-electron chi connectivity index (χ3n) is 2.65. The van der Waals surface area contributed by atoms with Crippen LogP contribution in [0, 0.1) is 0 Å². The molecule has 10 heteroatoms. The predicted octanol–water partition coefficient (Wildman–Crippen LogP) is -0.666. The van der Waals surface area contributed by atoms with E-state index in [0.717, 1.165) is 20.5 Å². The topological polar surface area (TPSA) is 108 Å². The largest absolute Gasteiger partial charge is 0.377 e. The fourth-order valence-corrected chi connectivity index (χ4v) is 2.32. The first-order chi connectivity index (χ1) is 9.93. The van der Waals surface area contributed by atoms with Crippen molar-refractivity contribution >= 4 is 22.4 Å². The Hall–Kier alpha value is -2.33. The Bertz CT molecular complexity index is 791. The van der Waals surface area contributed by atoms with E-state index < -0.39 is 17.2 Å². The van der Waals surface area contributed by atoms with Crippen LogP contribution in [0.15, 0.2) is 15.8 Å². The van der Waals surface area contributed by atoms with E-state index >= 15 is 0 Å². The molecule has 0 aliphatic rings. The van der Waals surface area contributed by atoms with Crippen LogP contribution in [0.5, 0.6) is 0 Å². The summed E-state index contributed by atoms with van der Waals surface area (Å²) in [6.45, 7) is 0.287. The number of anilines is 1. The third kappa shape index (κ3) is 3.06. The van der Waals surface area contributed by atoms with Crippen LogP contribution in [0.4, 0.5) is 5.13 Å². The van der Waals surface area contributed by atoms with Gasteiger partial charge in [0, 0.05) is 27.4 Å². The third-order valence-corrected chi connectivity index (χ3v) is 3.46. The van der Waals surface area contributed by atoms with Gasteiger partial charge in [0.1, 0.15) is 17.2 Å². The van der Waals surface area contributed by atoms with Gasteiger partial charge in [-0.25, -0.2) is 4.79 Å². The highest BCUT2D eigenvalue weighted by Crippen LogP contribution is 2.16. The number of carbonyl (C=O) groups excluding carboxylic acids is 1. The van der Waals surface area contributed by atoms with Crippen molar-refractivity contribution in [1.29, 1.82) is 0 Å². The number of hydrogen-bond acceptors (Lipinski definition) is 7. The zero-order valence-electron chi connectivity index (χ0n) is 11.6. The summed E-state index contributed by atoms with van der Waals surface area (Å²) < 4.78 is 6.92. The SMILES string of the molecule is COCc1nnc(NC(=O)c2cn(C)c(=O)n(C)c2=O)s1. The second-order valence-electron chi connectivity index (χ2n) is 4.19. The minimum atomic E-state index is -0.669. The lowest BCUT2D eigenvalue weighted by Crippen LogP contribution is -2.40. The van der Waals surface area contributed by atoms with Crippen LogP contribution < -0.4 is 16.6 Å². The zero-order chi connectivity index (χ0) is 15.6. The number of ether oxygens (including phenoxy) is 1. The van der Waals surface area contributed by atoms with Crippen molar-refractivity contribution in [1.82, 2.24) is 19.3 Å². The summed E-state index contributed by atoms with van der Waals surface area (Å²) in [7, 11) is 4.29. The standard InChI is InChI=1S/C11H13N5O4S/c1-15-4-6(9(18)16(2)11(15)19)8(17)12-10-14-13-7(21-10)5-20-3/h4H,5H2,1-3H3,(H,12,14,17). The van der Waals surface area contributed by atoms with Crippen molar-refractivity contribution in [3.05, 3.63) is 37.6 Å². The average molecular weight is 311 g/mol. The number of nitrogens with one attached hydrogen (secondary N) is 1. The summed E-state index contributed by atoms with van der Waals surface area (Å²) >= 11 is 1.14. The van der Waals surface area contributed by atoms with Crippen molar-refractivity contribution in [2.24, 2.45) is 14.1 Å². The maximum absolute atomic E-state index is 12.1. The van der Waals surface area contributed by atoms with Gasteiger partial charge in [0.05, 0.1) is 0 Å². The molecule has 2 rings (SSSR count). The average Bonchev–Trinajstić information content (AvgIpc) is 2.88. The maximum atomic E-state index is 12.1. The molecule has 0 aliphatic heterocycles. The van der Waals surface area contributed by atoms with Gasteiger partial charge in [0.15, 0.2) is 0 Å². The predicted molar refractivity (Wildman–Crippen MR) is 75.5 cm³/mol. The van der Waals surface area contributed by atoms with Gasteiger partial charge in [-0.3, -0.25) is 19.5 Å². The number of aromatic nitrogens is 4. The Morgan fingerprint density at radius 2 is 2.10 bits per heavy atom. The minimum Gasteiger partial charge on any atom is -0.377 e. The van der Waals surface area contributed by atoms with Gasteiger partial charge in [-0.15, -0.1) is 10.2 Å². The lowest BCUT2D eigenvalue weighted by Gasteiger charge is -2.05. The molecule has 1 amide bonds. The normalized spacial score (nSPS) is 10.6. The van der Waals surface area contributed by atoms with Gasteiger partial charge >= 0.3 is 5.69 Å². The van der Waals surface area contributed by atoms with E-state index in [1.165, 1.54) is 27.4 Å². The van der Waals surface area contributed by atoms with Crippen molar-refractivity contribution in [3.8, 4) is 0 Å². The Balaban J connectivity index is 2.28. The lowest BCUT2D eigenvalue weighted by molar-refractivity contribution is 0.102. The molecule has 0 aliphatic carbocycles. The summed E-state index contributed by atoms with van der Waals surface area (Å²) in [6, 6.07) is 0. The molecule has 112 valence electrons. The van der Waals surface area contributed by atoms with Crippen LogP contribution in [0.3, 0.4) is 0 Å². The monoisotopic (exact) mass is 311 g/mol. The van der Waals surface area contributed by atoms with Crippen LogP contribution in [0.1, 0.15) is 15.4 Å². The number of hydrogen-bond donors (Lipinski definition) is 1. The minimum absolute atomic E-state index is 0.150. The van der Waals surface area contributed by atoms with Crippen LogP contribution in [0.25, 0.3) is 0 Å². The molecule has 0 fully saturated rings. The van der Waals surface area contributed by atoms with Gasteiger partial charge in [-0.2, -0.15) is 0 Å². The Morgan fingerprint density at radius 3 is 2.76 bits per heavy atom. The quantitative estimate of drug-likeness (QED) is 0.802. The molecule has 2 aromatic rings. The highest BCUT2D eigenvalue weighted by molar-refractivity contribution is 7.15. The van der Waals surface area contributed by atoms with E-state index in [0.29, 0.717) is 5.01 Å². The number of aryl methyl sites for hydroxylation is 1. The molecule has 21 heavy (non-hydrogen) atoms. The molecule has 0 saturated heterocycles. The summed E-state index contributed by atoms with van der Waals surface area (Å²) in [4.78, 5) is 35.6. The molecule has 2 aromatic heterocycles. The molecule has 9 nitrogen and oxygen atoms in total. The first-order valence-electron chi connectivity index (χ1n) is 5.83. The van der Waals surface area contributed by atoms with E-state index in [9.17, 15) is 14.4 Å². The molecule has 2 heterocycles. The number of methoxy groups -OCH3 is 1.